The Kier molecular flexibility index (Phi) is 10.0. The first-order valence-corrected chi connectivity index (χ1v) is 10.1. The fourth-order valence-electron chi connectivity index (χ4n) is 2.64. The number of esters is 1. The van der Waals surface area contributed by atoms with Crippen molar-refractivity contribution in [3.05, 3.63) is 23.8 Å². The van der Waals surface area contributed by atoms with Crippen LogP contribution in [0.2, 0.25) is 0 Å². The minimum absolute atomic E-state index is 0.239. The molecule has 1 N–H and O–H groups in total. The number of amides is 1. The third-order valence-corrected chi connectivity index (χ3v) is 4.49. The van der Waals surface area contributed by atoms with Crippen molar-refractivity contribution in [2.75, 3.05) is 25.6 Å². The van der Waals surface area contributed by atoms with Crippen LogP contribution in [-0.4, -0.2) is 37.8 Å². The molecule has 1 rings (SSSR count). The Balaban J connectivity index is 3.01. The van der Waals surface area contributed by atoms with Gasteiger partial charge in [-0.25, -0.2) is 4.79 Å². The zero-order valence-corrected chi connectivity index (χ0v) is 18.1. The lowest BCUT2D eigenvalue weighted by Crippen LogP contribution is -2.42. The van der Waals surface area contributed by atoms with Gasteiger partial charge in [-0.1, -0.05) is 40.0 Å². The third-order valence-electron chi connectivity index (χ3n) is 4.49. The molecule has 1 aromatic carbocycles. The van der Waals surface area contributed by atoms with E-state index in [9.17, 15) is 9.59 Å². The van der Waals surface area contributed by atoms with E-state index in [0.717, 1.165) is 19.3 Å². The van der Waals surface area contributed by atoms with E-state index in [-0.39, 0.29) is 12.5 Å². The number of anilines is 1. The highest BCUT2D eigenvalue weighted by atomic mass is 16.5. The summed E-state index contributed by atoms with van der Waals surface area (Å²) in [5.74, 6) is 0.0501. The first-order valence-electron chi connectivity index (χ1n) is 10.1. The Morgan fingerprint density at radius 1 is 1.18 bits per heavy atom. The molecule has 6 heteroatoms. The summed E-state index contributed by atoms with van der Waals surface area (Å²) in [6.45, 7) is 10.5. The Bertz CT molecular complexity index is 644. The molecule has 0 spiro atoms. The number of unbranched alkanes of at least 4 members (excludes halogenated alkanes) is 2. The van der Waals surface area contributed by atoms with Gasteiger partial charge in [0.25, 0.3) is 5.91 Å². The molecule has 28 heavy (non-hydrogen) atoms. The van der Waals surface area contributed by atoms with Crippen molar-refractivity contribution in [1.82, 2.24) is 0 Å². The van der Waals surface area contributed by atoms with Crippen LogP contribution in [0.3, 0.4) is 0 Å². The van der Waals surface area contributed by atoms with Crippen molar-refractivity contribution in [3.8, 4) is 5.75 Å². The van der Waals surface area contributed by atoms with Crippen molar-refractivity contribution < 1.29 is 23.8 Å². The molecule has 0 aliphatic carbocycles. The van der Waals surface area contributed by atoms with Crippen LogP contribution >= 0.6 is 0 Å². The van der Waals surface area contributed by atoms with Gasteiger partial charge in [0.15, 0.2) is 0 Å². The normalized spacial score (nSPS) is 13.1. The molecule has 0 aliphatic heterocycles. The van der Waals surface area contributed by atoms with Crippen molar-refractivity contribution >= 4 is 17.6 Å². The molecule has 6 nitrogen and oxygen atoms in total. The summed E-state index contributed by atoms with van der Waals surface area (Å²) in [5, 5.41) is 2.86. The van der Waals surface area contributed by atoms with Crippen molar-refractivity contribution in [2.24, 2.45) is 5.92 Å². The van der Waals surface area contributed by atoms with E-state index >= 15 is 0 Å². The molecule has 0 fully saturated rings. The van der Waals surface area contributed by atoms with E-state index in [1.54, 1.807) is 39.2 Å². The SMILES string of the molecule is CCCCC[C@@](C)(OC)C(=O)Nc1ccc(OCC(C)C)c(C(=O)OCC)c1. The van der Waals surface area contributed by atoms with Crippen LogP contribution in [0.1, 0.15) is 70.7 Å². The van der Waals surface area contributed by atoms with Gasteiger partial charge in [-0.15, -0.1) is 0 Å². The summed E-state index contributed by atoms with van der Waals surface area (Å²) in [7, 11) is 1.54. The number of nitrogens with one attached hydrogen (secondary N) is 1. The molecule has 0 unspecified atom stereocenters. The molecule has 0 saturated carbocycles. The summed E-state index contributed by atoms with van der Waals surface area (Å²) in [4.78, 5) is 25.1. The van der Waals surface area contributed by atoms with Crippen molar-refractivity contribution in [3.63, 3.8) is 0 Å². The van der Waals surface area contributed by atoms with Crippen molar-refractivity contribution in [2.45, 2.75) is 65.9 Å². The highest BCUT2D eigenvalue weighted by Gasteiger charge is 2.32. The molecule has 1 aromatic rings. The van der Waals surface area contributed by atoms with Gasteiger partial charge >= 0.3 is 5.97 Å². The number of carbonyl (C=O) groups excluding carboxylic acids is 2. The zero-order valence-electron chi connectivity index (χ0n) is 18.1. The monoisotopic (exact) mass is 393 g/mol. The second-order valence-electron chi connectivity index (χ2n) is 7.48. The Morgan fingerprint density at radius 3 is 2.46 bits per heavy atom. The summed E-state index contributed by atoms with van der Waals surface area (Å²) < 4.78 is 16.4. The molecule has 1 amide bonds. The smallest absolute Gasteiger partial charge is 0.341 e. The van der Waals surface area contributed by atoms with E-state index < -0.39 is 11.6 Å². The standard InChI is InChI=1S/C22H35NO5/c1-7-9-10-13-22(5,26-6)21(25)23-17-11-12-19(28-15-16(3)4)18(14-17)20(24)27-8-2/h11-12,14,16H,7-10,13,15H2,1-6H3,(H,23,25)/t22-/m1/s1. The average molecular weight is 394 g/mol. The van der Waals surface area contributed by atoms with Crippen LogP contribution in [-0.2, 0) is 14.3 Å². The van der Waals surface area contributed by atoms with E-state index in [2.05, 4.69) is 12.2 Å². The third kappa shape index (κ3) is 7.15. The highest BCUT2D eigenvalue weighted by Crippen LogP contribution is 2.26. The lowest BCUT2D eigenvalue weighted by atomic mass is 9.96. The predicted octanol–water partition coefficient (Wildman–Crippen LogP) is 4.82. The van der Waals surface area contributed by atoms with Crippen LogP contribution in [0.25, 0.3) is 0 Å². The Labute approximate surface area is 168 Å². The predicted molar refractivity (Wildman–Crippen MR) is 111 cm³/mol. The molecule has 1 atom stereocenters. The average Bonchev–Trinajstić information content (AvgIpc) is 2.66. The number of rotatable bonds is 12. The molecule has 0 radical (unpaired) electrons. The Morgan fingerprint density at radius 2 is 1.89 bits per heavy atom. The van der Waals surface area contributed by atoms with Gasteiger partial charge in [-0.05, 0) is 44.4 Å². The van der Waals surface area contributed by atoms with Crippen LogP contribution in [0.15, 0.2) is 18.2 Å². The molecule has 0 heterocycles. The van der Waals surface area contributed by atoms with Gasteiger partial charge in [-0.2, -0.15) is 0 Å². The summed E-state index contributed by atoms with van der Waals surface area (Å²) >= 11 is 0. The topological polar surface area (TPSA) is 73.9 Å². The van der Waals surface area contributed by atoms with Gasteiger partial charge in [0.2, 0.25) is 0 Å². The number of ether oxygens (including phenoxy) is 3. The molecule has 0 aromatic heterocycles. The lowest BCUT2D eigenvalue weighted by Gasteiger charge is -2.27. The number of benzene rings is 1. The maximum Gasteiger partial charge on any atom is 0.341 e. The van der Waals surface area contributed by atoms with Gasteiger partial charge in [0.1, 0.15) is 16.9 Å². The van der Waals surface area contributed by atoms with E-state index in [1.807, 2.05) is 13.8 Å². The molecule has 158 valence electrons. The molecular weight excluding hydrogens is 358 g/mol. The van der Waals surface area contributed by atoms with Crippen LogP contribution in [0.4, 0.5) is 5.69 Å². The summed E-state index contributed by atoms with van der Waals surface area (Å²) in [6, 6.07) is 5.00. The summed E-state index contributed by atoms with van der Waals surface area (Å²) in [5.41, 5.74) is -0.124. The largest absolute Gasteiger partial charge is 0.492 e. The van der Waals surface area contributed by atoms with Gasteiger partial charge in [-0.3, -0.25) is 4.79 Å². The summed E-state index contributed by atoms with van der Waals surface area (Å²) in [6.07, 6.45) is 3.65. The minimum Gasteiger partial charge on any atom is -0.492 e. The second kappa shape index (κ2) is 11.7. The van der Waals surface area contributed by atoms with Gasteiger partial charge < -0.3 is 19.5 Å². The van der Waals surface area contributed by atoms with E-state index in [4.69, 9.17) is 14.2 Å². The molecule has 0 saturated heterocycles. The first kappa shape index (κ1) is 24.0. The number of methoxy groups -OCH3 is 1. The maximum absolute atomic E-state index is 12.8. The Hall–Kier alpha value is -2.08. The van der Waals surface area contributed by atoms with E-state index in [0.29, 0.717) is 35.9 Å². The zero-order chi connectivity index (χ0) is 21.2. The fraction of sp³-hybridized carbons (Fsp3) is 0.636. The van der Waals surface area contributed by atoms with Crippen molar-refractivity contribution in [1.29, 1.82) is 0 Å². The first-order chi connectivity index (χ1) is 13.3. The van der Waals surface area contributed by atoms with Crippen LogP contribution in [0.5, 0.6) is 5.75 Å². The fourth-order valence-corrected chi connectivity index (χ4v) is 2.64. The number of hydrogen-bond acceptors (Lipinski definition) is 5. The quantitative estimate of drug-likeness (QED) is 0.407. The number of carbonyl (C=O) groups is 2. The van der Waals surface area contributed by atoms with Gasteiger partial charge in [0.05, 0.1) is 13.2 Å². The van der Waals surface area contributed by atoms with Crippen LogP contribution < -0.4 is 10.1 Å². The van der Waals surface area contributed by atoms with Gasteiger partial charge in [0, 0.05) is 12.8 Å². The molecular formula is C22H35NO5. The van der Waals surface area contributed by atoms with E-state index in [1.165, 1.54) is 0 Å². The number of hydrogen-bond donors (Lipinski definition) is 1. The lowest BCUT2D eigenvalue weighted by molar-refractivity contribution is -0.136. The molecule has 0 bridgehead atoms. The highest BCUT2D eigenvalue weighted by molar-refractivity contribution is 5.99. The minimum atomic E-state index is -0.925. The molecule has 0 aliphatic rings. The maximum atomic E-state index is 12.8. The van der Waals surface area contributed by atoms with Crippen LogP contribution in [0, 0.1) is 5.92 Å². The second-order valence-corrected chi connectivity index (χ2v) is 7.48.